The van der Waals surface area contributed by atoms with Crippen LogP contribution in [-0.4, -0.2) is 40.2 Å². The molecule has 1 atom stereocenters. The van der Waals surface area contributed by atoms with Crippen molar-refractivity contribution in [2.75, 3.05) is 6.54 Å². The Bertz CT molecular complexity index is 389. The van der Waals surface area contributed by atoms with Crippen LogP contribution in [0.4, 0.5) is 4.79 Å². The third kappa shape index (κ3) is 3.24. The predicted octanol–water partition coefficient (Wildman–Crippen LogP) is 1.86. The molecule has 1 aliphatic heterocycles. The Balaban J connectivity index is 1.98. The number of nitrogens with zero attached hydrogens (tertiary/aromatic N) is 2. The maximum atomic E-state index is 10.5. The zero-order chi connectivity index (χ0) is 12.1. The molecule has 1 aliphatic rings. The van der Waals surface area contributed by atoms with Crippen LogP contribution in [0, 0.1) is 0 Å². The molecule has 2 rings (SSSR count). The summed E-state index contributed by atoms with van der Waals surface area (Å²) in [4.78, 5) is 13.5. The van der Waals surface area contributed by atoms with Gasteiger partial charge in [0.2, 0.25) is 0 Å². The Hall–Kier alpha value is -1.98. The molecule has 1 saturated heterocycles. The highest BCUT2D eigenvalue weighted by atomic mass is 16.7. The van der Waals surface area contributed by atoms with Gasteiger partial charge < -0.3 is 14.8 Å². The molecule has 0 radical (unpaired) electrons. The van der Waals surface area contributed by atoms with Crippen LogP contribution in [-0.2, 0) is 4.74 Å². The molecule has 0 aromatic carbocycles. The third-order valence-corrected chi connectivity index (χ3v) is 2.62. The molecule has 0 spiro atoms. The first-order valence-electron chi connectivity index (χ1n) is 5.59. The summed E-state index contributed by atoms with van der Waals surface area (Å²) in [7, 11) is 0. The number of aromatic nitrogens is 1. The van der Waals surface area contributed by atoms with E-state index in [-0.39, 0.29) is 0 Å². The zero-order valence-electron chi connectivity index (χ0n) is 9.37. The first kappa shape index (κ1) is 11.5. The number of hydrogen-bond acceptors (Lipinski definition) is 4. The van der Waals surface area contributed by atoms with Crippen LogP contribution in [0.5, 0.6) is 0 Å². The molecule has 1 aromatic heterocycles. The summed E-state index contributed by atoms with van der Waals surface area (Å²) in [5.74, 6) is 0. The Morgan fingerprint density at radius 3 is 3.24 bits per heavy atom. The van der Waals surface area contributed by atoms with Crippen molar-refractivity contribution in [3.63, 3.8) is 0 Å². The monoisotopic (exact) mass is 237 g/mol. The summed E-state index contributed by atoms with van der Waals surface area (Å²) in [6.07, 6.45) is 4.42. The normalized spacial score (nSPS) is 20.7. The van der Waals surface area contributed by atoms with E-state index in [1.165, 1.54) is 0 Å². The van der Waals surface area contributed by atoms with E-state index < -0.39 is 12.4 Å². The van der Waals surface area contributed by atoms with Gasteiger partial charge in [0.25, 0.3) is 0 Å². The van der Waals surface area contributed by atoms with Crippen LogP contribution in [0.15, 0.2) is 23.4 Å². The molecule has 92 valence electrons. The van der Waals surface area contributed by atoms with E-state index in [1.54, 1.807) is 11.2 Å². The Labute approximate surface area is 98.9 Å². The lowest BCUT2D eigenvalue weighted by molar-refractivity contribution is -0.0538. The average molecular weight is 237 g/mol. The number of hydrazone groups is 1. The summed E-state index contributed by atoms with van der Waals surface area (Å²) >= 11 is 0. The van der Waals surface area contributed by atoms with E-state index in [4.69, 9.17) is 9.84 Å². The van der Waals surface area contributed by atoms with Crippen molar-refractivity contribution in [3.8, 4) is 0 Å². The predicted molar refractivity (Wildman–Crippen MR) is 61.8 cm³/mol. The molecule has 1 aromatic rings. The van der Waals surface area contributed by atoms with Gasteiger partial charge in [0.15, 0.2) is 6.23 Å². The summed E-state index contributed by atoms with van der Waals surface area (Å²) < 4.78 is 4.79. The van der Waals surface area contributed by atoms with E-state index in [1.807, 2.05) is 18.3 Å². The van der Waals surface area contributed by atoms with Gasteiger partial charge in [-0.15, -0.1) is 0 Å². The molecule has 0 saturated carbocycles. The van der Waals surface area contributed by atoms with Gasteiger partial charge in [-0.3, -0.25) is 5.01 Å². The standard InChI is InChI=1S/C11H15N3O3/c15-11(16)17-10-5-1-2-7-14(10)13-8-9-4-3-6-12-9/h3-4,6,8,10,12H,1-2,5,7H2,(H,15,16)/b13-8+. The van der Waals surface area contributed by atoms with Gasteiger partial charge in [0, 0.05) is 19.2 Å². The summed E-state index contributed by atoms with van der Waals surface area (Å²) in [5.41, 5.74) is 0.879. The van der Waals surface area contributed by atoms with Crippen molar-refractivity contribution >= 4 is 12.4 Å². The molecular formula is C11H15N3O3. The van der Waals surface area contributed by atoms with Gasteiger partial charge in [0.1, 0.15) is 0 Å². The van der Waals surface area contributed by atoms with E-state index >= 15 is 0 Å². The third-order valence-electron chi connectivity index (χ3n) is 2.62. The first-order valence-corrected chi connectivity index (χ1v) is 5.59. The molecule has 6 heteroatoms. The number of carbonyl (C=O) groups is 1. The highest BCUT2D eigenvalue weighted by molar-refractivity contribution is 5.76. The number of piperidine rings is 1. The number of nitrogens with one attached hydrogen (secondary N) is 1. The first-order chi connectivity index (χ1) is 8.25. The second kappa shape index (κ2) is 5.38. The molecule has 2 heterocycles. The van der Waals surface area contributed by atoms with Gasteiger partial charge in [-0.2, -0.15) is 5.10 Å². The highest BCUT2D eigenvalue weighted by Gasteiger charge is 2.24. The van der Waals surface area contributed by atoms with E-state index in [0.29, 0.717) is 6.42 Å². The second-order valence-corrected chi connectivity index (χ2v) is 3.87. The molecule has 1 unspecified atom stereocenters. The maximum Gasteiger partial charge on any atom is 0.507 e. The summed E-state index contributed by atoms with van der Waals surface area (Å²) in [5, 5.41) is 14.6. The van der Waals surface area contributed by atoms with E-state index in [9.17, 15) is 4.79 Å². The number of carboxylic acid groups (broad SMARTS) is 1. The number of H-pyrrole nitrogens is 1. The molecule has 0 amide bonds. The quantitative estimate of drug-likeness (QED) is 0.621. The molecule has 0 bridgehead atoms. The van der Waals surface area contributed by atoms with Crippen molar-refractivity contribution in [1.29, 1.82) is 0 Å². The van der Waals surface area contributed by atoms with Gasteiger partial charge in [0.05, 0.1) is 11.9 Å². The van der Waals surface area contributed by atoms with Crippen LogP contribution in [0.3, 0.4) is 0 Å². The van der Waals surface area contributed by atoms with Crippen molar-refractivity contribution in [2.45, 2.75) is 25.5 Å². The number of rotatable bonds is 3. The lowest BCUT2D eigenvalue weighted by atomic mass is 10.1. The molecule has 0 aliphatic carbocycles. The van der Waals surface area contributed by atoms with Gasteiger partial charge in [-0.25, -0.2) is 4.79 Å². The fourth-order valence-electron chi connectivity index (χ4n) is 1.81. The van der Waals surface area contributed by atoms with Crippen molar-refractivity contribution in [2.24, 2.45) is 5.10 Å². The van der Waals surface area contributed by atoms with Crippen molar-refractivity contribution in [1.82, 2.24) is 9.99 Å². The fraction of sp³-hybridized carbons (Fsp3) is 0.455. The Morgan fingerprint density at radius 2 is 2.53 bits per heavy atom. The number of ether oxygens (including phenoxy) is 1. The smallest absolute Gasteiger partial charge is 0.450 e. The molecule has 1 fully saturated rings. The SMILES string of the molecule is O=C(O)OC1CCCCN1/N=C/c1ccc[nH]1. The molecule has 17 heavy (non-hydrogen) atoms. The van der Waals surface area contributed by atoms with Crippen LogP contribution in [0.1, 0.15) is 25.0 Å². The number of hydrogen-bond donors (Lipinski definition) is 2. The summed E-state index contributed by atoms with van der Waals surface area (Å²) in [6, 6.07) is 3.77. The minimum absolute atomic E-state index is 0.465. The lowest BCUT2D eigenvalue weighted by Crippen LogP contribution is -2.38. The van der Waals surface area contributed by atoms with Crippen molar-refractivity contribution < 1.29 is 14.6 Å². The van der Waals surface area contributed by atoms with Gasteiger partial charge in [-0.1, -0.05) is 0 Å². The summed E-state index contributed by atoms with van der Waals surface area (Å²) in [6.45, 7) is 0.717. The maximum absolute atomic E-state index is 10.5. The topological polar surface area (TPSA) is 77.9 Å². The minimum atomic E-state index is -1.25. The minimum Gasteiger partial charge on any atom is -0.450 e. The molecular weight excluding hydrogens is 222 g/mol. The lowest BCUT2D eigenvalue weighted by Gasteiger charge is -2.31. The van der Waals surface area contributed by atoms with Crippen LogP contribution in [0.2, 0.25) is 0 Å². The highest BCUT2D eigenvalue weighted by Crippen LogP contribution is 2.18. The Kier molecular flexibility index (Phi) is 3.64. The number of aromatic amines is 1. The second-order valence-electron chi connectivity index (χ2n) is 3.87. The largest absolute Gasteiger partial charge is 0.507 e. The molecule has 6 nitrogen and oxygen atoms in total. The van der Waals surface area contributed by atoms with E-state index in [2.05, 4.69) is 10.1 Å². The van der Waals surface area contributed by atoms with E-state index in [0.717, 1.165) is 25.1 Å². The van der Waals surface area contributed by atoms with Crippen LogP contribution in [0.25, 0.3) is 0 Å². The Morgan fingerprint density at radius 1 is 1.65 bits per heavy atom. The van der Waals surface area contributed by atoms with Gasteiger partial charge in [-0.05, 0) is 25.0 Å². The molecule has 2 N–H and O–H groups in total. The zero-order valence-corrected chi connectivity index (χ0v) is 9.37. The van der Waals surface area contributed by atoms with Gasteiger partial charge >= 0.3 is 6.16 Å². The average Bonchev–Trinajstić information content (AvgIpc) is 2.80. The fourth-order valence-corrected chi connectivity index (χ4v) is 1.81. The van der Waals surface area contributed by atoms with Crippen LogP contribution >= 0.6 is 0 Å². The van der Waals surface area contributed by atoms with Crippen LogP contribution < -0.4 is 0 Å². The van der Waals surface area contributed by atoms with Crippen molar-refractivity contribution in [3.05, 3.63) is 24.0 Å².